The van der Waals surface area contributed by atoms with Gasteiger partial charge in [-0.25, -0.2) is 0 Å². The van der Waals surface area contributed by atoms with Crippen LogP contribution in [-0.2, 0) is 6.54 Å². The minimum absolute atomic E-state index is 0.00880. The Morgan fingerprint density at radius 2 is 2.11 bits per heavy atom. The molecule has 2 aromatic rings. The topological polar surface area (TPSA) is 73.8 Å². The second-order valence-corrected chi connectivity index (χ2v) is 5.26. The third-order valence-electron chi connectivity index (χ3n) is 2.81. The molecule has 2 N–H and O–H groups in total. The van der Waals surface area contributed by atoms with Crippen molar-refractivity contribution in [3.63, 3.8) is 0 Å². The maximum absolute atomic E-state index is 12.5. The first-order chi connectivity index (χ1) is 8.54. The molecule has 0 aromatic carbocycles. The summed E-state index contributed by atoms with van der Waals surface area (Å²) >= 11 is 1.24. The van der Waals surface area contributed by atoms with Crippen LogP contribution in [0.5, 0.6) is 0 Å². The largest absolute Gasteiger partial charge is 0.374 e. The van der Waals surface area contributed by atoms with Crippen LogP contribution in [0.15, 0.2) is 10.9 Å². The van der Waals surface area contributed by atoms with Crippen LogP contribution in [0.2, 0.25) is 0 Å². The minimum Gasteiger partial charge on any atom is -0.374 e. The van der Waals surface area contributed by atoms with Gasteiger partial charge in [-0.3, -0.25) is 4.79 Å². The van der Waals surface area contributed by atoms with Gasteiger partial charge in [0.1, 0.15) is 0 Å². The Bertz CT molecular complexity index is 629. The third-order valence-corrected chi connectivity index (χ3v) is 3.58. The smallest absolute Gasteiger partial charge is 0.261 e. The van der Waals surface area contributed by atoms with Crippen molar-refractivity contribution in [2.45, 2.75) is 33.7 Å². The molecule has 0 radical (unpaired) electrons. The number of aryl methyl sites for hydroxylation is 2. The Morgan fingerprint density at radius 3 is 2.67 bits per heavy atom. The zero-order valence-electron chi connectivity index (χ0n) is 10.7. The molecule has 0 spiro atoms. The molecule has 0 bridgehead atoms. The summed E-state index contributed by atoms with van der Waals surface area (Å²) in [4.78, 5) is 12.5. The monoisotopic (exact) mass is 264 g/mol. The van der Waals surface area contributed by atoms with E-state index in [-0.39, 0.29) is 5.56 Å². The summed E-state index contributed by atoms with van der Waals surface area (Å²) < 4.78 is 1.78. The summed E-state index contributed by atoms with van der Waals surface area (Å²) in [5.41, 5.74) is 8.07. The highest BCUT2D eigenvalue weighted by Crippen LogP contribution is 2.25. The Labute approximate surface area is 109 Å². The zero-order valence-corrected chi connectivity index (χ0v) is 11.5. The molecule has 0 atom stereocenters. The lowest BCUT2D eigenvalue weighted by Gasteiger charge is -2.12. The predicted molar refractivity (Wildman–Crippen MR) is 73.8 cm³/mol. The summed E-state index contributed by atoms with van der Waals surface area (Å²) in [6.45, 7) is 6.63. The van der Waals surface area contributed by atoms with Crippen LogP contribution in [0.4, 0.5) is 5.13 Å². The van der Waals surface area contributed by atoms with Gasteiger partial charge in [0.25, 0.3) is 5.56 Å². The average Bonchev–Trinajstić information content (AvgIpc) is 2.70. The van der Waals surface area contributed by atoms with Gasteiger partial charge >= 0.3 is 0 Å². The molecule has 0 aliphatic heterocycles. The van der Waals surface area contributed by atoms with E-state index in [1.54, 1.807) is 4.57 Å². The highest BCUT2D eigenvalue weighted by molar-refractivity contribution is 7.18. The van der Waals surface area contributed by atoms with Crippen LogP contribution in [0.25, 0.3) is 10.6 Å². The molecule has 0 saturated heterocycles. The van der Waals surface area contributed by atoms with Crippen LogP contribution in [0.1, 0.15) is 24.6 Å². The molecule has 6 heteroatoms. The van der Waals surface area contributed by atoms with Crippen molar-refractivity contribution in [3.8, 4) is 10.6 Å². The van der Waals surface area contributed by atoms with E-state index in [0.29, 0.717) is 22.2 Å². The van der Waals surface area contributed by atoms with Crippen LogP contribution in [0, 0.1) is 13.8 Å². The normalized spacial score (nSPS) is 10.8. The van der Waals surface area contributed by atoms with Gasteiger partial charge in [-0.1, -0.05) is 18.3 Å². The number of nitrogen functional groups attached to an aromatic ring is 1. The Morgan fingerprint density at radius 1 is 1.39 bits per heavy atom. The molecule has 5 nitrogen and oxygen atoms in total. The number of aromatic nitrogens is 3. The van der Waals surface area contributed by atoms with Gasteiger partial charge in [0.2, 0.25) is 5.13 Å². The number of rotatable bonds is 3. The van der Waals surface area contributed by atoms with Crippen LogP contribution < -0.4 is 11.3 Å². The first kappa shape index (κ1) is 12.8. The lowest BCUT2D eigenvalue weighted by atomic mass is 10.1. The zero-order chi connectivity index (χ0) is 13.3. The molecule has 0 aliphatic rings. The fourth-order valence-electron chi connectivity index (χ4n) is 2.02. The third kappa shape index (κ3) is 2.15. The van der Waals surface area contributed by atoms with Gasteiger partial charge in [0.15, 0.2) is 5.01 Å². The number of nitrogens with zero attached hydrogens (tertiary/aromatic N) is 3. The van der Waals surface area contributed by atoms with E-state index in [1.165, 1.54) is 11.3 Å². The Kier molecular flexibility index (Phi) is 3.47. The highest BCUT2D eigenvalue weighted by atomic mass is 32.1. The number of nitrogens with two attached hydrogens (primary N) is 1. The fraction of sp³-hybridized carbons (Fsp3) is 0.417. The van der Waals surface area contributed by atoms with Gasteiger partial charge in [-0.2, -0.15) is 0 Å². The van der Waals surface area contributed by atoms with E-state index in [9.17, 15) is 4.79 Å². The summed E-state index contributed by atoms with van der Waals surface area (Å²) in [5, 5.41) is 8.72. The summed E-state index contributed by atoms with van der Waals surface area (Å²) in [7, 11) is 0. The van der Waals surface area contributed by atoms with E-state index in [2.05, 4.69) is 10.2 Å². The molecule has 96 valence electrons. The van der Waals surface area contributed by atoms with Crippen molar-refractivity contribution in [1.82, 2.24) is 14.8 Å². The molecule has 0 amide bonds. The van der Waals surface area contributed by atoms with Gasteiger partial charge in [0.05, 0.1) is 5.56 Å². The number of hydrogen-bond acceptors (Lipinski definition) is 5. The molecule has 0 saturated carbocycles. The summed E-state index contributed by atoms with van der Waals surface area (Å²) in [5.74, 6) is 0. The number of pyridine rings is 1. The van der Waals surface area contributed by atoms with E-state index in [1.807, 2.05) is 26.8 Å². The first-order valence-corrected chi connectivity index (χ1v) is 6.66. The van der Waals surface area contributed by atoms with E-state index >= 15 is 0 Å². The van der Waals surface area contributed by atoms with Crippen LogP contribution in [0.3, 0.4) is 0 Å². The second kappa shape index (κ2) is 4.89. The van der Waals surface area contributed by atoms with Crippen molar-refractivity contribution >= 4 is 16.5 Å². The molecule has 2 heterocycles. The van der Waals surface area contributed by atoms with E-state index in [4.69, 9.17) is 5.73 Å². The van der Waals surface area contributed by atoms with Crippen LogP contribution >= 0.6 is 11.3 Å². The van der Waals surface area contributed by atoms with Gasteiger partial charge in [0, 0.05) is 12.2 Å². The Hall–Kier alpha value is -1.69. The average molecular weight is 264 g/mol. The van der Waals surface area contributed by atoms with Crippen molar-refractivity contribution in [2.24, 2.45) is 0 Å². The molecular weight excluding hydrogens is 248 g/mol. The molecule has 18 heavy (non-hydrogen) atoms. The number of hydrogen-bond donors (Lipinski definition) is 1. The van der Waals surface area contributed by atoms with Gasteiger partial charge in [-0.15, -0.1) is 10.2 Å². The standard InChI is InChI=1S/C12H16N4OS/c1-4-5-16-8(3)6-7(2)9(11(16)17)10-14-15-12(13)18-10/h6H,4-5H2,1-3H3,(H2,13,15). The quantitative estimate of drug-likeness (QED) is 0.919. The SMILES string of the molecule is CCCn1c(C)cc(C)c(-c2nnc(N)s2)c1=O. The van der Waals surface area contributed by atoms with Crippen molar-refractivity contribution in [2.75, 3.05) is 5.73 Å². The highest BCUT2D eigenvalue weighted by Gasteiger charge is 2.15. The molecule has 0 fully saturated rings. The lowest BCUT2D eigenvalue weighted by molar-refractivity contribution is 0.635. The van der Waals surface area contributed by atoms with E-state index in [0.717, 1.165) is 17.7 Å². The number of anilines is 1. The summed E-state index contributed by atoms with van der Waals surface area (Å²) in [6.07, 6.45) is 0.918. The summed E-state index contributed by atoms with van der Waals surface area (Å²) in [6, 6.07) is 2.00. The second-order valence-electron chi connectivity index (χ2n) is 4.25. The fourth-order valence-corrected chi connectivity index (χ4v) is 2.74. The van der Waals surface area contributed by atoms with Crippen LogP contribution in [-0.4, -0.2) is 14.8 Å². The molecule has 2 aromatic heterocycles. The van der Waals surface area contributed by atoms with Gasteiger partial charge < -0.3 is 10.3 Å². The van der Waals surface area contributed by atoms with Gasteiger partial charge in [-0.05, 0) is 31.9 Å². The molecule has 2 rings (SSSR count). The maximum Gasteiger partial charge on any atom is 0.261 e. The minimum atomic E-state index is -0.00880. The molecular formula is C12H16N4OS. The van der Waals surface area contributed by atoms with Crippen molar-refractivity contribution in [1.29, 1.82) is 0 Å². The predicted octanol–water partition coefficient (Wildman–Crippen LogP) is 1.98. The molecule has 0 aliphatic carbocycles. The van der Waals surface area contributed by atoms with Crippen molar-refractivity contribution < 1.29 is 0 Å². The lowest BCUT2D eigenvalue weighted by Crippen LogP contribution is -2.24. The first-order valence-electron chi connectivity index (χ1n) is 5.85. The Balaban J connectivity index is 2.67. The van der Waals surface area contributed by atoms with E-state index < -0.39 is 0 Å². The molecule has 0 unspecified atom stereocenters. The maximum atomic E-state index is 12.5. The van der Waals surface area contributed by atoms with Crippen molar-refractivity contribution in [3.05, 3.63) is 27.7 Å².